The van der Waals surface area contributed by atoms with E-state index in [-0.39, 0.29) is 0 Å². The van der Waals surface area contributed by atoms with E-state index in [9.17, 15) is 23.8 Å². The van der Waals surface area contributed by atoms with Crippen LogP contribution in [0.4, 0.5) is 0 Å². The molecule has 1 saturated heterocycles. The van der Waals surface area contributed by atoms with E-state index in [1.54, 1.807) is 0 Å². The molecule has 0 saturated carbocycles. The number of phosphoric ester groups is 1. The number of nitrogens with one attached hydrogen (secondary N) is 1. The van der Waals surface area contributed by atoms with E-state index in [4.69, 9.17) is 23.8 Å². The molecule has 0 spiro atoms. The summed E-state index contributed by atoms with van der Waals surface area (Å²) < 4.78 is 44.0. The summed E-state index contributed by atoms with van der Waals surface area (Å²) in [5.41, 5.74) is -3.50. The molecule has 0 bridgehead atoms. The zero-order valence-corrected chi connectivity index (χ0v) is 16.5. The van der Waals surface area contributed by atoms with Crippen LogP contribution in [-0.4, -0.2) is 62.6 Å². The Bertz CT molecular complexity index is 853. The molecule has 13 nitrogen and oxygen atoms in total. The number of phosphoric acid groups is 1. The minimum atomic E-state index is -4.96. The van der Waals surface area contributed by atoms with Crippen LogP contribution >= 0.6 is 27.3 Å². The smallest absolute Gasteiger partial charge is 0.393 e. The molecule has 154 valence electrons. The van der Waals surface area contributed by atoms with Crippen molar-refractivity contribution >= 4 is 27.3 Å². The molecule has 27 heavy (non-hydrogen) atoms. The molecule has 1 fully saturated rings. The highest BCUT2D eigenvalue weighted by Gasteiger charge is 2.58. The van der Waals surface area contributed by atoms with Crippen LogP contribution in [0.25, 0.3) is 0 Å². The van der Waals surface area contributed by atoms with Crippen molar-refractivity contribution in [1.29, 1.82) is 0 Å². The van der Waals surface area contributed by atoms with Crippen LogP contribution in [-0.2, 0) is 27.7 Å². The maximum Gasteiger partial charge on any atom is 0.469 e. The summed E-state index contributed by atoms with van der Waals surface area (Å²) in [7, 11) is -6.69. The van der Waals surface area contributed by atoms with Crippen molar-refractivity contribution in [3.63, 3.8) is 0 Å². The van der Waals surface area contributed by atoms with Gasteiger partial charge in [-0.05, 0) is 0 Å². The Kier molecular flexibility index (Phi) is 7.25. The number of rotatable bonds is 8. The number of hydrogen-bond acceptors (Lipinski definition) is 9. The van der Waals surface area contributed by atoms with Gasteiger partial charge >= 0.3 is 13.5 Å². The molecule has 3 unspecified atom stereocenters. The number of aromatic nitrogens is 2. The van der Waals surface area contributed by atoms with Crippen molar-refractivity contribution in [2.75, 3.05) is 20.3 Å². The molecule has 2 heterocycles. The molecular weight excluding hydrogens is 430 g/mol. The Morgan fingerprint density at radius 2 is 2.15 bits per heavy atom. The average Bonchev–Trinajstić information content (AvgIpc) is 2.85. The number of methoxy groups -OCH3 is 1. The zero-order valence-electron chi connectivity index (χ0n) is 13.8. The molecule has 16 heteroatoms. The van der Waals surface area contributed by atoms with Crippen molar-refractivity contribution in [2.24, 2.45) is 0 Å². The van der Waals surface area contributed by atoms with Gasteiger partial charge in [0.1, 0.15) is 17.8 Å². The number of thiol groups is 1. The lowest BCUT2D eigenvalue weighted by Gasteiger charge is -2.32. The fourth-order valence-electron chi connectivity index (χ4n) is 2.67. The van der Waals surface area contributed by atoms with E-state index >= 15 is 0 Å². The number of aliphatic hydroxyl groups excluding tert-OH is 1. The summed E-state index contributed by atoms with van der Waals surface area (Å²) >= 11 is 3.67. The second kappa shape index (κ2) is 8.70. The normalized spacial score (nSPS) is 29.7. The Morgan fingerprint density at radius 1 is 1.48 bits per heavy atom. The molecule has 5 atom stereocenters. The highest BCUT2D eigenvalue weighted by atomic mass is 32.7. The number of H-pyrrole nitrogens is 1. The van der Waals surface area contributed by atoms with Crippen LogP contribution < -0.4 is 11.2 Å². The summed E-state index contributed by atoms with van der Waals surface area (Å²) in [6, 6.07) is 1.03. The van der Waals surface area contributed by atoms with Gasteiger partial charge in [0.25, 0.3) is 5.56 Å². The van der Waals surface area contributed by atoms with Crippen molar-refractivity contribution in [1.82, 2.24) is 9.55 Å². The maximum absolute atomic E-state index is 12.1. The monoisotopic (exact) mass is 448 g/mol. The molecule has 1 aromatic heterocycles. The van der Waals surface area contributed by atoms with Crippen LogP contribution in [0.2, 0.25) is 0 Å². The Hall–Kier alpha value is -0.790. The van der Waals surface area contributed by atoms with Crippen LogP contribution in [0, 0.1) is 0 Å². The van der Waals surface area contributed by atoms with Gasteiger partial charge in [-0.25, -0.2) is 9.36 Å². The summed E-state index contributed by atoms with van der Waals surface area (Å²) in [5, 5.41) is 9.83. The van der Waals surface area contributed by atoms with E-state index in [2.05, 4.69) is 16.8 Å². The van der Waals surface area contributed by atoms with Crippen molar-refractivity contribution < 1.29 is 42.5 Å². The first-order chi connectivity index (χ1) is 12.5. The Labute approximate surface area is 157 Å². The van der Waals surface area contributed by atoms with Gasteiger partial charge in [0.15, 0.2) is 6.23 Å². The molecule has 1 aliphatic rings. The first kappa shape index (κ1) is 22.5. The predicted octanol–water partition coefficient (Wildman–Crippen LogP) is -1.37. The standard InChI is InChI=1S/C11H18N2O11P2S/c1-21-7-8(24-25(17)27)11(4-14,5-22-26(18,19)20)23-9(7)13-3-2-6(15)12-10(13)16/h2-3,7-9,14,25H,4-5H2,1H3,(H,17,27)(H,12,15,16)(H2,18,19,20)/t7?,8?,9-,11-/m1/s1. The van der Waals surface area contributed by atoms with E-state index < -0.39 is 63.6 Å². The van der Waals surface area contributed by atoms with Crippen LogP contribution in [0.5, 0.6) is 0 Å². The van der Waals surface area contributed by atoms with Crippen LogP contribution in [0.15, 0.2) is 21.9 Å². The Morgan fingerprint density at radius 3 is 2.63 bits per heavy atom. The third-order valence-electron chi connectivity index (χ3n) is 3.82. The fourth-order valence-corrected chi connectivity index (χ4v) is 3.97. The van der Waals surface area contributed by atoms with Crippen molar-refractivity contribution in [3.05, 3.63) is 33.1 Å². The Balaban J connectivity index is 2.51. The lowest BCUT2D eigenvalue weighted by Crippen LogP contribution is -2.50. The molecule has 4 N–H and O–H groups in total. The predicted molar refractivity (Wildman–Crippen MR) is 92.9 cm³/mol. The molecule has 0 amide bonds. The molecule has 0 aromatic carbocycles. The lowest BCUT2D eigenvalue weighted by molar-refractivity contribution is -0.144. The summed E-state index contributed by atoms with van der Waals surface area (Å²) in [4.78, 5) is 43.2. The highest BCUT2D eigenvalue weighted by Crippen LogP contribution is 2.47. The largest absolute Gasteiger partial charge is 0.469 e. The van der Waals surface area contributed by atoms with Gasteiger partial charge in [-0.2, -0.15) is 0 Å². The molecule has 0 radical (unpaired) electrons. The third-order valence-corrected chi connectivity index (χ3v) is 5.06. The molecule has 2 rings (SSSR count). The summed E-state index contributed by atoms with van der Waals surface area (Å²) in [6.45, 7) is -1.77. The molecule has 0 aliphatic carbocycles. The van der Waals surface area contributed by atoms with Gasteiger partial charge < -0.3 is 28.9 Å². The second-order valence-electron chi connectivity index (χ2n) is 5.52. The number of hydrogen-bond donors (Lipinski definition) is 5. The first-order valence-electron chi connectivity index (χ1n) is 7.25. The van der Waals surface area contributed by atoms with Gasteiger partial charge in [-0.3, -0.25) is 23.4 Å². The minimum absolute atomic E-state index is 0.672. The SMILES string of the molecule is COC1C(O[PH](=O)S)[C@@](CO)(COP(=O)(O)O)O[C@H]1n1ccc(=O)[nH]c1=O. The molecule has 1 aliphatic heterocycles. The van der Waals surface area contributed by atoms with Crippen LogP contribution in [0.3, 0.4) is 0 Å². The van der Waals surface area contributed by atoms with Gasteiger partial charge in [0.05, 0.1) is 13.2 Å². The summed E-state index contributed by atoms with van der Waals surface area (Å²) in [5.74, 6) is 0. The maximum atomic E-state index is 12.1. The number of aliphatic hydroxyl groups is 1. The third kappa shape index (κ3) is 5.18. The number of aromatic amines is 1. The van der Waals surface area contributed by atoms with E-state index in [1.807, 2.05) is 4.98 Å². The lowest BCUT2D eigenvalue weighted by atomic mass is 9.97. The van der Waals surface area contributed by atoms with Gasteiger partial charge in [0.2, 0.25) is 7.23 Å². The fraction of sp³-hybridized carbons (Fsp3) is 0.636. The number of ether oxygens (including phenoxy) is 2. The van der Waals surface area contributed by atoms with E-state index in [1.165, 1.54) is 7.11 Å². The van der Waals surface area contributed by atoms with Crippen molar-refractivity contribution in [3.8, 4) is 0 Å². The average molecular weight is 448 g/mol. The first-order valence-corrected chi connectivity index (χ1v) is 11.4. The number of nitrogens with zero attached hydrogens (tertiary/aromatic N) is 1. The minimum Gasteiger partial charge on any atom is -0.393 e. The van der Waals surface area contributed by atoms with Gasteiger partial charge in [-0.1, -0.05) is 12.2 Å². The van der Waals surface area contributed by atoms with Crippen LogP contribution in [0.1, 0.15) is 6.23 Å². The van der Waals surface area contributed by atoms with Gasteiger partial charge in [0, 0.05) is 19.4 Å². The van der Waals surface area contributed by atoms with Gasteiger partial charge in [-0.15, -0.1) is 0 Å². The quantitative estimate of drug-likeness (QED) is 0.233. The molecule has 1 aromatic rings. The second-order valence-corrected chi connectivity index (χ2v) is 8.62. The van der Waals surface area contributed by atoms with E-state index in [0.717, 1.165) is 16.8 Å². The highest BCUT2D eigenvalue weighted by molar-refractivity contribution is 8.39. The van der Waals surface area contributed by atoms with Crippen molar-refractivity contribution in [2.45, 2.75) is 24.0 Å². The summed E-state index contributed by atoms with van der Waals surface area (Å²) in [6.07, 6.45) is -2.78. The zero-order chi connectivity index (χ0) is 20.4. The topological polar surface area (TPSA) is 187 Å². The molecular formula is C11H18N2O11P2S. The van der Waals surface area contributed by atoms with E-state index in [0.29, 0.717) is 0 Å².